The first-order chi connectivity index (χ1) is 5.90. The van der Waals surface area contributed by atoms with Crippen LogP contribution in [0.5, 0.6) is 0 Å². The first-order valence-electron chi connectivity index (χ1n) is 3.43. The van der Waals surface area contributed by atoms with Crippen LogP contribution in [-0.2, 0) is 19.2 Å². The van der Waals surface area contributed by atoms with E-state index < -0.39 is 17.5 Å². The zero-order valence-electron chi connectivity index (χ0n) is 7.60. The van der Waals surface area contributed by atoms with E-state index in [0.717, 1.165) is 0 Å². The summed E-state index contributed by atoms with van der Waals surface area (Å²) in [6.45, 7) is 2.83. The molecule has 0 aromatic heterocycles. The van der Waals surface area contributed by atoms with Crippen molar-refractivity contribution in [3.8, 4) is 0 Å². The van der Waals surface area contributed by atoms with Gasteiger partial charge in [-0.15, -0.1) is 0 Å². The molecule has 0 saturated carbocycles. The molecule has 1 N–H and O–H groups in total. The van der Waals surface area contributed by atoms with Gasteiger partial charge < -0.3 is 14.7 Å². The van der Waals surface area contributed by atoms with Crippen LogP contribution in [0.2, 0.25) is 0 Å². The lowest BCUT2D eigenvalue weighted by Crippen LogP contribution is -2.34. The van der Waals surface area contributed by atoms with Gasteiger partial charge in [0, 0.05) is 0 Å². The molecule has 0 heterocycles. The number of hydrogen-bond acceptors (Lipinski definition) is 5. The average molecular weight is 189 g/mol. The lowest BCUT2D eigenvalue weighted by Gasteiger charge is -2.17. The van der Waals surface area contributed by atoms with Crippen LogP contribution in [0.25, 0.3) is 0 Å². The summed E-state index contributed by atoms with van der Waals surface area (Å²) in [5, 5.41) is 11.2. The average Bonchev–Trinajstić information content (AvgIpc) is 2.01. The molecule has 0 radical (unpaired) electrons. The molecule has 6 nitrogen and oxygen atoms in total. The molecule has 0 aliphatic heterocycles. The summed E-state index contributed by atoms with van der Waals surface area (Å²) in [6, 6.07) is 0. The minimum Gasteiger partial charge on any atom is -0.477 e. The van der Waals surface area contributed by atoms with Crippen LogP contribution >= 0.6 is 0 Å². The second-order valence-corrected chi connectivity index (χ2v) is 2.67. The molecule has 0 atom stereocenters. The van der Waals surface area contributed by atoms with Gasteiger partial charge in [-0.2, -0.15) is 0 Å². The van der Waals surface area contributed by atoms with Gasteiger partial charge >= 0.3 is 11.9 Å². The highest BCUT2D eigenvalue weighted by Gasteiger charge is 2.31. The standard InChI is InChI=1S/C7H11NO5/c1-7(2,6(11)12-3)13-8-4-5(9)10/h4H,1-3H3,(H,9,10)/b8-4+. The molecule has 74 valence electrons. The number of nitrogens with zero attached hydrogens (tertiary/aromatic N) is 1. The van der Waals surface area contributed by atoms with Crippen molar-refractivity contribution < 1.29 is 24.3 Å². The molecule has 0 unspecified atom stereocenters. The van der Waals surface area contributed by atoms with E-state index in [2.05, 4.69) is 14.7 Å². The zero-order valence-corrected chi connectivity index (χ0v) is 7.60. The van der Waals surface area contributed by atoms with E-state index in [1.54, 1.807) is 0 Å². The Balaban J connectivity index is 4.18. The number of esters is 1. The number of ether oxygens (including phenoxy) is 1. The van der Waals surface area contributed by atoms with Gasteiger partial charge in [-0.05, 0) is 13.8 Å². The summed E-state index contributed by atoms with van der Waals surface area (Å²) in [7, 11) is 1.20. The van der Waals surface area contributed by atoms with Crippen molar-refractivity contribution in [1.82, 2.24) is 0 Å². The highest BCUT2D eigenvalue weighted by molar-refractivity contribution is 6.21. The fourth-order valence-corrected chi connectivity index (χ4v) is 0.486. The third-order valence-electron chi connectivity index (χ3n) is 1.12. The van der Waals surface area contributed by atoms with Crippen LogP contribution in [0, 0.1) is 0 Å². The summed E-state index contributed by atoms with van der Waals surface area (Å²) in [5.41, 5.74) is -1.28. The van der Waals surface area contributed by atoms with Gasteiger partial charge in [0.05, 0.1) is 7.11 Å². The highest BCUT2D eigenvalue weighted by atomic mass is 16.7. The van der Waals surface area contributed by atoms with E-state index in [1.165, 1.54) is 21.0 Å². The maximum atomic E-state index is 10.9. The van der Waals surface area contributed by atoms with E-state index in [-0.39, 0.29) is 0 Å². The van der Waals surface area contributed by atoms with Crippen molar-refractivity contribution in [2.75, 3.05) is 7.11 Å². The summed E-state index contributed by atoms with van der Waals surface area (Å²) < 4.78 is 4.39. The summed E-state index contributed by atoms with van der Waals surface area (Å²) >= 11 is 0. The Morgan fingerprint density at radius 1 is 1.46 bits per heavy atom. The Kier molecular flexibility index (Phi) is 3.90. The molecule has 0 aliphatic carbocycles. The van der Waals surface area contributed by atoms with Gasteiger partial charge in [0.1, 0.15) is 0 Å². The number of aliphatic carboxylic acids is 1. The zero-order chi connectivity index (χ0) is 10.5. The van der Waals surface area contributed by atoms with Crippen LogP contribution in [0.4, 0.5) is 0 Å². The van der Waals surface area contributed by atoms with Crippen molar-refractivity contribution >= 4 is 18.2 Å². The Labute approximate surface area is 75.1 Å². The predicted octanol–water partition coefficient (Wildman–Crippen LogP) is 0.0250. The molecule has 0 rings (SSSR count). The molecular formula is C7H11NO5. The molecule has 0 aromatic carbocycles. The summed E-state index contributed by atoms with van der Waals surface area (Å²) in [6.07, 6.45) is 0.546. The monoisotopic (exact) mass is 189 g/mol. The van der Waals surface area contributed by atoms with E-state index in [9.17, 15) is 9.59 Å². The molecule has 0 aromatic rings. The number of hydrogen-bond donors (Lipinski definition) is 1. The Morgan fingerprint density at radius 3 is 2.38 bits per heavy atom. The number of methoxy groups -OCH3 is 1. The molecule has 0 saturated heterocycles. The highest BCUT2D eigenvalue weighted by Crippen LogP contribution is 2.10. The van der Waals surface area contributed by atoms with Gasteiger partial charge in [-0.3, -0.25) is 0 Å². The topological polar surface area (TPSA) is 85.2 Å². The fraction of sp³-hybridized carbons (Fsp3) is 0.571. The molecule has 0 amide bonds. The summed E-state index contributed by atoms with van der Waals surface area (Å²) in [4.78, 5) is 25.5. The van der Waals surface area contributed by atoms with Crippen molar-refractivity contribution in [2.24, 2.45) is 5.16 Å². The van der Waals surface area contributed by atoms with Gasteiger partial charge in [-0.1, -0.05) is 5.16 Å². The first kappa shape index (κ1) is 11.4. The van der Waals surface area contributed by atoms with Crippen molar-refractivity contribution in [2.45, 2.75) is 19.4 Å². The van der Waals surface area contributed by atoms with Gasteiger partial charge in [0.25, 0.3) is 0 Å². The second-order valence-electron chi connectivity index (χ2n) is 2.67. The van der Waals surface area contributed by atoms with Crippen LogP contribution in [0.3, 0.4) is 0 Å². The van der Waals surface area contributed by atoms with Crippen molar-refractivity contribution in [3.63, 3.8) is 0 Å². The van der Waals surface area contributed by atoms with Crippen LogP contribution < -0.4 is 0 Å². The van der Waals surface area contributed by atoms with E-state index in [4.69, 9.17) is 5.11 Å². The van der Waals surface area contributed by atoms with Gasteiger partial charge in [0.15, 0.2) is 6.21 Å². The maximum absolute atomic E-state index is 10.9. The molecule has 0 bridgehead atoms. The first-order valence-corrected chi connectivity index (χ1v) is 3.43. The largest absolute Gasteiger partial charge is 0.477 e. The second kappa shape index (κ2) is 4.44. The molecule has 0 aliphatic rings. The Bertz CT molecular complexity index is 233. The Hall–Kier alpha value is -1.59. The smallest absolute Gasteiger partial charge is 0.352 e. The minimum atomic E-state index is -1.28. The summed E-state index contributed by atoms with van der Waals surface area (Å²) in [5.74, 6) is -1.88. The maximum Gasteiger partial charge on any atom is 0.352 e. The molecule has 0 spiro atoms. The minimum absolute atomic E-state index is 0.546. The number of oxime groups is 1. The molecule has 13 heavy (non-hydrogen) atoms. The Morgan fingerprint density at radius 2 is 2.00 bits per heavy atom. The molecule has 6 heteroatoms. The number of carboxylic acid groups (broad SMARTS) is 1. The molecular weight excluding hydrogens is 178 g/mol. The molecule has 0 fully saturated rings. The van der Waals surface area contributed by atoms with Crippen LogP contribution in [0.1, 0.15) is 13.8 Å². The number of carbonyl (C=O) groups excluding carboxylic acids is 1. The fourth-order valence-electron chi connectivity index (χ4n) is 0.486. The van der Waals surface area contributed by atoms with E-state index in [1.807, 2.05) is 0 Å². The van der Waals surface area contributed by atoms with Crippen molar-refractivity contribution in [1.29, 1.82) is 0 Å². The third kappa shape index (κ3) is 4.09. The quantitative estimate of drug-likeness (QED) is 0.383. The van der Waals surface area contributed by atoms with Gasteiger partial charge in [0.2, 0.25) is 5.60 Å². The third-order valence-corrected chi connectivity index (χ3v) is 1.12. The van der Waals surface area contributed by atoms with Crippen molar-refractivity contribution in [3.05, 3.63) is 0 Å². The number of carboxylic acids is 1. The van der Waals surface area contributed by atoms with E-state index >= 15 is 0 Å². The van der Waals surface area contributed by atoms with Crippen LogP contribution in [-0.4, -0.2) is 36.0 Å². The van der Waals surface area contributed by atoms with Crippen LogP contribution in [0.15, 0.2) is 5.16 Å². The normalized spacial score (nSPS) is 11.3. The number of rotatable bonds is 4. The van der Waals surface area contributed by atoms with Gasteiger partial charge in [-0.25, -0.2) is 9.59 Å². The lowest BCUT2D eigenvalue weighted by atomic mass is 10.1. The SMILES string of the molecule is COC(=O)C(C)(C)O/N=C/C(=O)O. The predicted molar refractivity (Wildman–Crippen MR) is 43.3 cm³/mol. The lowest BCUT2D eigenvalue weighted by molar-refractivity contribution is -0.165. The number of carbonyl (C=O) groups is 2. The van der Waals surface area contributed by atoms with E-state index in [0.29, 0.717) is 6.21 Å².